The monoisotopic (exact) mass is 454 g/mol. The molecule has 28 heavy (non-hydrogen) atoms. The summed E-state index contributed by atoms with van der Waals surface area (Å²) in [6, 6.07) is 9.59. The molecule has 0 aliphatic carbocycles. The Balaban J connectivity index is 1.99. The maximum Gasteiger partial charge on any atom is 0.252 e. The number of carbonyl (C=O) groups is 1. The van der Waals surface area contributed by atoms with Crippen LogP contribution in [-0.2, 0) is 27.6 Å². The summed E-state index contributed by atoms with van der Waals surface area (Å²) in [5, 5.41) is 1.05. The van der Waals surface area contributed by atoms with Gasteiger partial charge in [0.05, 0.1) is 31.6 Å². The minimum atomic E-state index is -3.28. The first-order valence-corrected chi connectivity index (χ1v) is 11.6. The Labute approximate surface area is 176 Å². The summed E-state index contributed by atoms with van der Waals surface area (Å²) in [5.41, 5.74) is 1.39. The van der Waals surface area contributed by atoms with E-state index < -0.39 is 9.84 Å². The van der Waals surface area contributed by atoms with Crippen LogP contribution in [0.4, 0.5) is 0 Å². The summed E-state index contributed by atoms with van der Waals surface area (Å²) in [7, 11) is -3.28. The topological polar surface area (TPSA) is 68.5 Å². The summed E-state index contributed by atoms with van der Waals surface area (Å²) in [4.78, 5) is 17.4. The van der Waals surface area contributed by atoms with Crippen molar-refractivity contribution < 1.29 is 13.2 Å². The van der Waals surface area contributed by atoms with Crippen molar-refractivity contribution in [3.63, 3.8) is 0 Å². The number of carbonyl (C=O) groups excluding carboxylic acids is 1. The molecular weight excluding hydrogens is 439 g/mol. The molecule has 3 rings (SSSR count). The number of hydrogen-bond donors (Lipinski definition) is 0. The van der Waals surface area contributed by atoms with Gasteiger partial charge in [-0.25, -0.2) is 8.42 Å². The van der Waals surface area contributed by atoms with E-state index in [4.69, 9.17) is 23.2 Å². The number of fused-ring (bicyclic) bond motifs is 1. The normalized spacial score (nSPS) is 12.5. The standard InChI is InChI=1S/C19H16Cl2N2O3S2/c1-3-10-23-17-14(20)8-9-15(21)18(17)27-19(23)22-16(24)11-12-4-6-13(7-5-12)28(2,25)26/h3-9H,1,10-11H2,2H3. The van der Waals surface area contributed by atoms with E-state index in [2.05, 4.69) is 11.6 Å². The second-order valence-corrected chi connectivity index (χ2v) is 9.90. The summed E-state index contributed by atoms with van der Waals surface area (Å²) in [6.07, 6.45) is 2.88. The van der Waals surface area contributed by atoms with Crippen LogP contribution in [0.5, 0.6) is 0 Å². The summed E-state index contributed by atoms with van der Waals surface area (Å²) >= 11 is 13.9. The van der Waals surface area contributed by atoms with Crippen LogP contribution in [0.15, 0.2) is 58.9 Å². The van der Waals surface area contributed by atoms with Crippen molar-refractivity contribution in [1.82, 2.24) is 4.57 Å². The smallest absolute Gasteiger partial charge is 0.252 e. The molecule has 0 atom stereocenters. The maximum absolute atomic E-state index is 12.5. The van der Waals surface area contributed by atoms with Gasteiger partial charge in [-0.1, -0.05) is 52.7 Å². The lowest BCUT2D eigenvalue weighted by Crippen LogP contribution is -2.17. The number of thiazole rings is 1. The molecule has 5 nitrogen and oxygen atoms in total. The Kier molecular flexibility index (Phi) is 6.09. The highest BCUT2D eigenvalue weighted by Crippen LogP contribution is 2.31. The van der Waals surface area contributed by atoms with Crippen LogP contribution in [0.3, 0.4) is 0 Å². The number of aromatic nitrogens is 1. The molecule has 0 radical (unpaired) electrons. The van der Waals surface area contributed by atoms with Gasteiger partial charge in [0.25, 0.3) is 5.91 Å². The van der Waals surface area contributed by atoms with Gasteiger partial charge < -0.3 is 4.57 Å². The number of rotatable bonds is 5. The van der Waals surface area contributed by atoms with E-state index in [1.165, 1.54) is 23.5 Å². The van der Waals surface area contributed by atoms with Crippen molar-refractivity contribution in [2.45, 2.75) is 17.9 Å². The predicted octanol–water partition coefficient (Wildman–Crippen LogP) is 4.27. The highest BCUT2D eigenvalue weighted by atomic mass is 35.5. The van der Waals surface area contributed by atoms with Crippen LogP contribution in [-0.4, -0.2) is 25.1 Å². The van der Waals surface area contributed by atoms with Gasteiger partial charge in [-0.15, -0.1) is 6.58 Å². The molecule has 2 aromatic carbocycles. The fourth-order valence-corrected chi connectivity index (χ4v) is 4.97. The van der Waals surface area contributed by atoms with Gasteiger partial charge in [0, 0.05) is 12.8 Å². The third-order valence-electron chi connectivity index (χ3n) is 3.97. The number of halogens is 2. The number of nitrogens with zero attached hydrogens (tertiary/aromatic N) is 2. The molecule has 3 aromatic rings. The lowest BCUT2D eigenvalue weighted by Gasteiger charge is -2.03. The van der Waals surface area contributed by atoms with E-state index in [9.17, 15) is 13.2 Å². The van der Waals surface area contributed by atoms with Gasteiger partial charge in [0.1, 0.15) is 0 Å². The van der Waals surface area contributed by atoms with Gasteiger partial charge in [0.15, 0.2) is 14.6 Å². The number of benzene rings is 2. The van der Waals surface area contributed by atoms with Crippen LogP contribution < -0.4 is 4.80 Å². The number of sulfone groups is 1. The van der Waals surface area contributed by atoms with Crippen LogP contribution in [0.25, 0.3) is 10.2 Å². The molecule has 0 saturated carbocycles. The van der Waals surface area contributed by atoms with Crippen LogP contribution in [0.2, 0.25) is 10.0 Å². The third-order valence-corrected chi connectivity index (χ3v) is 6.94. The average molecular weight is 455 g/mol. The fourth-order valence-electron chi connectivity index (χ4n) is 2.67. The molecular formula is C19H16Cl2N2O3S2. The fraction of sp³-hybridized carbons (Fsp3) is 0.158. The quantitative estimate of drug-likeness (QED) is 0.540. The minimum absolute atomic E-state index is 0.0494. The van der Waals surface area contributed by atoms with Gasteiger partial charge in [0.2, 0.25) is 0 Å². The molecule has 0 fully saturated rings. The number of allylic oxidation sites excluding steroid dienone is 1. The van der Waals surface area contributed by atoms with Gasteiger partial charge in [-0.3, -0.25) is 4.79 Å². The first kappa shape index (κ1) is 20.8. The zero-order chi connectivity index (χ0) is 20.5. The SMILES string of the molecule is C=CCn1c(=NC(=O)Cc2ccc(S(C)(=O)=O)cc2)sc2c(Cl)ccc(Cl)c21. The Hall–Kier alpha value is -1.93. The number of hydrogen-bond acceptors (Lipinski definition) is 4. The first-order valence-electron chi connectivity index (χ1n) is 8.15. The molecule has 1 aromatic heterocycles. The van der Waals surface area contributed by atoms with E-state index in [0.717, 1.165) is 11.0 Å². The highest BCUT2D eigenvalue weighted by Gasteiger charge is 2.14. The van der Waals surface area contributed by atoms with Crippen LogP contribution in [0.1, 0.15) is 5.56 Å². The van der Waals surface area contributed by atoms with E-state index in [1.807, 2.05) is 0 Å². The Morgan fingerprint density at radius 1 is 1.18 bits per heavy atom. The molecule has 0 N–H and O–H groups in total. The summed E-state index contributed by atoms with van der Waals surface area (Å²) < 4.78 is 25.6. The van der Waals surface area contributed by atoms with Crippen LogP contribution >= 0.6 is 34.5 Å². The van der Waals surface area contributed by atoms with Crippen molar-refractivity contribution >= 4 is 60.5 Å². The predicted molar refractivity (Wildman–Crippen MR) is 114 cm³/mol. The van der Waals surface area contributed by atoms with Crippen molar-refractivity contribution in [3.05, 3.63) is 69.5 Å². The molecule has 0 bridgehead atoms. The molecule has 0 aliphatic heterocycles. The molecule has 9 heteroatoms. The lowest BCUT2D eigenvalue weighted by atomic mass is 10.1. The Bertz CT molecular complexity index is 1240. The molecule has 0 aliphatic rings. The molecule has 146 valence electrons. The Morgan fingerprint density at radius 3 is 2.43 bits per heavy atom. The highest BCUT2D eigenvalue weighted by molar-refractivity contribution is 7.90. The van der Waals surface area contributed by atoms with E-state index >= 15 is 0 Å². The zero-order valence-corrected chi connectivity index (χ0v) is 18.0. The maximum atomic E-state index is 12.5. The Morgan fingerprint density at radius 2 is 1.82 bits per heavy atom. The first-order chi connectivity index (χ1) is 13.2. The second-order valence-electron chi connectivity index (χ2n) is 6.09. The summed E-state index contributed by atoms with van der Waals surface area (Å²) in [5.74, 6) is -0.358. The van der Waals surface area contributed by atoms with Crippen molar-refractivity contribution in [2.24, 2.45) is 4.99 Å². The van der Waals surface area contributed by atoms with E-state index in [-0.39, 0.29) is 17.2 Å². The van der Waals surface area contributed by atoms with Crippen molar-refractivity contribution in [3.8, 4) is 0 Å². The molecule has 0 spiro atoms. The second kappa shape index (κ2) is 8.21. The largest absolute Gasteiger partial charge is 0.311 e. The van der Waals surface area contributed by atoms with E-state index in [1.54, 1.807) is 34.9 Å². The molecule has 1 amide bonds. The molecule has 1 heterocycles. The van der Waals surface area contributed by atoms with Gasteiger partial charge in [-0.2, -0.15) is 4.99 Å². The van der Waals surface area contributed by atoms with E-state index in [0.29, 0.717) is 32.5 Å². The molecule has 0 unspecified atom stereocenters. The molecule has 0 saturated heterocycles. The van der Waals surface area contributed by atoms with Crippen LogP contribution in [0, 0.1) is 0 Å². The van der Waals surface area contributed by atoms with Gasteiger partial charge in [-0.05, 0) is 29.8 Å². The third kappa shape index (κ3) is 4.38. The minimum Gasteiger partial charge on any atom is -0.311 e. The number of amides is 1. The summed E-state index contributed by atoms with van der Waals surface area (Å²) in [6.45, 7) is 4.17. The van der Waals surface area contributed by atoms with Crippen molar-refractivity contribution in [2.75, 3.05) is 6.26 Å². The lowest BCUT2D eigenvalue weighted by molar-refractivity contribution is -0.117. The zero-order valence-electron chi connectivity index (χ0n) is 14.9. The average Bonchev–Trinajstić information content (AvgIpc) is 2.98. The van der Waals surface area contributed by atoms with Crippen molar-refractivity contribution in [1.29, 1.82) is 0 Å². The van der Waals surface area contributed by atoms with Gasteiger partial charge >= 0.3 is 0 Å².